The Bertz CT molecular complexity index is 296. The number of amides is 1. The van der Waals surface area contributed by atoms with Crippen LogP contribution in [0.15, 0.2) is 0 Å². The number of carbonyl (C=O) groups is 2. The van der Waals surface area contributed by atoms with Gasteiger partial charge in [-0.05, 0) is 12.8 Å². The van der Waals surface area contributed by atoms with E-state index in [-0.39, 0.29) is 5.78 Å². The first-order valence-electron chi connectivity index (χ1n) is 4.26. The van der Waals surface area contributed by atoms with Gasteiger partial charge in [0.15, 0.2) is 0 Å². The first kappa shape index (κ1) is 10.4. The minimum Gasteiger partial charge on any atom is -0.453 e. The maximum atomic E-state index is 11.3. The number of hydrogen-bond acceptors (Lipinski definition) is 3. The summed E-state index contributed by atoms with van der Waals surface area (Å²) in [4.78, 5) is 26.5. The highest BCUT2D eigenvalue weighted by Gasteiger charge is 2.35. The van der Waals surface area contributed by atoms with Crippen LogP contribution in [0.3, 0.4) is 0 Å². The molecule has 0 aromatic rings. The molecule has 6 nitrogen and oxygen atoms in total. The number of carbonyl (C=O) groups excluding carboxylic acids is 2. The standard InChI is InChI=1S/C8H11N3O3/c1-14-8(13)11-4-2-3-6(11)7(12)5-10-9/h5-6H,2-4H2,1H3. The predicted molar refractivity (Wildman–Crippen MR) is 46.8 cm³/mol. The van der Waals surface area contributed by atoms with Gasteiger partial charge in [0.25, 0.3) is 5.78 Å². The van der Waals surface area contributed by atoms with Crippen LogP contribution < -0.4 is 0 Å². The lowest BCUT2D eigenvalue weighted by molar-refractivity contribution is -0.119. The molecule has 0 radical (unpaired) electrons. The lowest BCUT2D eigenvalue weighted by atomic mass is 10.1. The van der Waals surface area contributed by atoms with E-state index in [4.69, 9.17) is 5.53 Å². The lowest BCUT2D eigenvalue weighted by Gasteiger charge is -2.19. The largest absolute Gasteiger partial charge is 0.453 e. The van der Waals surface area contributed by atoms with Gasteiger partial charge in [-0.2, -0.15) is 4.79 Å². The zero-order valence-corrected chi connectivity index (χ0v) is 7.84. The Morgan fingerprint density at radius 1 is 1.64 bits per heavy atom. The Kier molecular flexibility index (Phi) is 3.36. The highest BCUT2D eigenvalue weighted by atomic mass is 16.5. The van der Waals surface area contributed by atoms with E-state index >= 15 is 0 Å². The fourth-order valence-corrected chi connectivity index (χ4v) is 1.54. The van der Waals surface area contributed by atoms with Gasteiger partial charge in [0, 0.05) is 6.54 Å². The first-order valence-corrected chi connectivity index (χ1v) is 4.26. The molecule has 0 aliphatic carbocycles. The van der Waals surface area contributed by atoms with Crippen molar-refractivity contribution in [3.05, 3.63) is 5.53 Å². The minimum absolute atomic E-state index is 0.379. The Hall–Kier alpha value is -1.68. The quantitative estimate of drug-likeness (QED) is 0.357. The van der Waals surface area contributed by atoms with Gasteiger partial charge >= 0.3 is 12.3 Å². The average molecular weight is 197 g/mol. The van der Waals surface area contributed by atoms with Gasteiger partial charge in [-0.15, -0.1) is 0 Å². The minimum atomic E-state index is -0.543. The SMILES string of the molecule is COC(=O)N1CCCC1C(=O)C=[N+]=[N-]. The molecule has 0 N–H and O–H groups in total. The smallest absolute Gasteiger partial charge is 0.410 e. The molecule has 0 spiro atoms. The Morgan fingerprint density at radius 2 is 2.36 bits per heavy atom. The van der Waals surface area contributed by atoms with E-state index in [1.807, 2.05) is 0 Å². The molecule has 0 bridgehead atoms. The highest BCUT2D eigenvalue weighted by Crippen LogP contribution is 2.18. The third-order valence-electron chi connectivity index (χ3n) is 2.18. The summed E-state index contributed by atoms with van der Waals surface area (Å²) in [5, 5.41) is 0. The number of nitrogens with zero attached hydrogens (tertiary/aromatic N) is 3. The third-order valence-corrected chi connectivity index (χ3v) is 2.18. The summed E-state index contributed by atoms with van der Waals surface area (Å²) < 4.78 is 4.52. The zero-order valence-electron chi connectivity index (χ0n) is 7.84. The number of Topliss-reactive ketones (excluding diaryl/α,β-unsaturated/α-hetero) is 1. The fourth-order valence-electron chi connectivity index (χ4n) is 1.54. The van der Waals surface area contributed by atoms with Crippen molar-refractivity contribution in [1.29, 1.82) is 0 Å². The van der Waals surface area contributed by atoms with Crippen molar-refractivity contribution in [3.63, 3.8) is 0 Å². The van der Waals surface area contributed by atoms with Crippen molar-refractivity contribution in [3.8, 4) is 0 Å². The van der Waals surface area contributed by atoms with Crippen LogP contribution in [0.4, 0.5) is 4.79 Å². The van der Waals surface area contributed by atoms with Crippen LogP contribution in [-0.4, -0.2) is 47.5 Å². The van der Waals surface area contributed by atoms with Crippen molar-refractivity contribution in [1.82, 2.24) is 4.90 Å². The number of likely N-dealkylation sites (tertiary alicyclic amines) is 1. The molecule has 1 amide bonds. The summed E-state index contributed by atoms with van der Waals surface area (Å²) in [6.45, 7) is 0.502. The molecule has 0 saturated carbocycles. The van der Waals surface area contributed by atoms with Crippen LogP contribution in [0.25, 0.3) is 5.53 Å². The molecule has 1 unspecified atom stereocenters. The Balaban J connectivity index is 2.73. The van der Waals surface area contributed by atoms with Gasteiger partial charge in [-0.25, -0.2) is 4.79 Å². The summed E-state index contributed by atoms with van der Waals surface area (Å²) in [5.74, 6) is -0.379. The molecule has 6 heteroatoms. The van der Waals surface area contributed by atoms with Crippen LogP contribution in [-0.2, 0) is 9.53 Å². The second-order valence-electron chi connectivity index (χ2n) is 2.97. The fraction of sp³-hybridized carbons (Fsp3) is 0.625. The van der Waals surface area contributed by atoms with Crippen molar-refractivity contribution in [2.75, 3.05) is 13.7 Å². The molecule has 0 aromatic heterocycles. The molecular formula is C8H11N3O3. The molecule has 1 atom stereocenters. The maximum Gasteiger partial charge on any atom is 0.410 e. The predicted octanol–water partition coefficient (Wildman–Crippen LogP) is 0.0869. The maximum absolute atomic E-state index is 11.3. The monoisotopic (exact) mass is 197 g/mol. The van der Waals surface area contributed by atoms with E-state index in [9.17, 15) is 9.59 Å². The molecule has 1 aliphatic rings. The van der Waals surface area contributed by atoms with Crippen LogP contribution in [0.5, 0.6) is 0 Å². The molecular weight excluding hydrogens is 186 g/mol. The van der Waals surface area contributed by atoms with Gasteiger partial charge in [-0.3, -0.25) is 9.69 Å². The normalized spacial score (nSPS) is 20.1. The summed E-state index contributed by atoms with van der Waals surface area (Å²) in [5.41, 5.74) is 8.19. The van der Waals surface area contributed by atoms with Crippen LogP contribution in [0, 0.1) is 0 Å². The molecule has 1 aliphatic heterocycles. The van der Waals surface area contributed by atoms with Crippen molar-refractivity contribution in [2.24, 2.45) is 0 Å². The number of rotatable bonds is 2. The number of ether oxygens (including phenoxy) is 1. The van der Waals surface area contributed by atoms with Gasteiger partial charge in [-0.1, -0.05) is 0 Å². The lowest BCUT2D eigenvalue weighted by Crippen LogP contribution is -2.41. The topological polar surface area (TPSA) is 83.0 Å². The van der Waals surface area contributed by atoms with E-state index in [1.165, 1.54) is 12.0 Å². The van der Waals surface area contributed by atoms with Gasteiger partial charge in [0.2, 0.25) is 0 Å². The zero-order chi connectivity index (χ0) is 10.6. The number of methoxy groups -OCH3 is 1. The van der Waals surface area contributed by atoms with Crippen molar-refractivity contribution in [2.45, 2.75) is 18.9 Å². The number of ketones is 1. The van der Waals surface area contributed by atoms with Crippen molar-refractivity contribution >= 4 is 18.1 Å². The summed E-state index contributed by atoms with van der Waals surface area (Å²) in [6.07, 6.45) is 1.63. The van der Waals surface area contributed by atoms with Gasteiger partial charge in [0.1, 0.15) is 6.04 Å². The Labute approximate surface area is 81.1 Å². The average Bonchev–Trinajstić information content (AvgIpc) is 2.65. The molecule has 0 aromatic carbocycles. The van der Waals surface area contributed by atoms with Crippen LogP contribution in [0.2, 0.25) is 0 Å². The van der Waals surface area contributed by atoms with E-state index in [2.05, 4.69) is 9.53 Å². The second-order valence-corrected chi connectivity index (χ2v) is 2.97. The van der Waals surface area contributed by atoms with E-state index in [0.29, 0.717) is 13.0 Å². The molecule has 76 valence electrons. The molecule has 1 saturated heterocycles. The summed E-state index contributed by atoms with van der Waals surface area (Å²) in [7, 11) is 1.27. The van der Waals surface area contributed by atoms with Gasteiger partial charge in [0.05, 0.1) is 7.11 Å². The highest BCUT2D eigenvalue weighted by molar-refractivity contribution is 6.28. The van der Waals surface area contributed by atoms with Crippen LogP contribution in [0.1, 0.15) is 12.8 Å². The summed E-state index contributed by atoms with van der Waals surface area (Å²) >= 11 is 0. The molecule has 1 rings (SSSR count). The Morgan fingerprint density at radius 3 is 2.93 bits per heavy atom. The second kappa shape index (κ2) is 4.53. The third kappa shape index (κ3) is 1.97. The van der Waals surface area contributed by atoms with E-state index in [0.717, 1.165) is 12.6 Å². The van der Waals surface area contributed by atoms with Gasteiger partial charge < -0.3 is 10.3 Å². The molecule has 14 heavy (non-hydrogen) atoms. The first-order chi connectivity index (χ1) is 6.70. The van der Waals surface area contributed by atoms with E-state index < -0.39 is 12.1 Å². The van der Waals surface area contributed by atoms with Crippen molar-refractivity contribution < 1.29 is 19.1 Å². The van der Waals surface area contributed by atoms with Crippen LogP contribution >= 0.6 is 0 Å². The molecule has 1 heterocycles. The van der Waals surface area contributed by atoms with E-state index in [1.54, 1.807) is 0 Å². The molecule has 1 fully saturated rings. The number of hydrogen-bond donors (Lipinski definition) is 0. The summed E-state index contributed by atoms with van der Waals surface area (Å²) in [6, 6.07) is -0.543.